The van der Waals surface area contributed by atoms with Crippen LogP contribution in [0.1, 0.15) is 92.4 Å². The maximum Gasteiger partial charge on any atom is 0.329 e. The predicted octanol–water partition coefficient (Wildman–Crippen LogP) is 3.22. The van der Waals surface area contributed by atoms with Crippen LogP contribution >= 0.6 is 0 Å². The monoisotopic (exact) mass is 817 g/mol. The number of allylic oxidation sites excluding steroid dienone is 2. The Balaban J connectivity index is 1.56. The van der Waals surface area contributed by atoms with Gasteiger partial charge in [0, 0.05) is 58.0 Å². The number of rotatable bonds is 6. The van der Waals surface area contributed by atoms with E-state index in [1.807, 2.05) is 32.9 Å². The lowest BCUT2D eigenvalue weighted by Crippen LogP contribution is -2.64. The number of fused-ring (bicyclic) bond motifs is 4. The maximum atomic E-state index is 14.4. The normalized spacial score (nSPS) is 43.6. The highest BCUT2D eigenvalue weighted by atomic mass is 16.7. The van der Waals surface area contributed by atoms with E-state index in [1.54, 1.807) is 33.1 Å². The van der Waals surface area contributed by atoms with Gasteiger partial charge in [-0.1, -0.05) is 45.1 Å². The molecule has 0 aromatic heterocycles. The highest BCUT2D eigenvalue weighted by Gasteiger charge is 2.58. The number of aliphatic hydroxyl groups excluding tert-OH is 3. The molecular weight excluding hydrogens is 750 g/mol. The van der Waals surface area contributed by atoms with Crippen LogP contribution in [0.3, 0.4) is 0 Å². The number of carbonyl (C=O) groups is 4. The molecule has 2 unspecified atom stereocenters. The summed E-state index contributed by atoms with van der Waals surface area (Å²) in [7, 11) is 4.50. The molecule has 4 N–H and O–H groups in total. The van der Waals surface area contributed by atoms with Crippen LogP contribution in [0, 0.1) is 35.5 Å². The van der Waals surface area contributed by atoms with Crippen molar-refractivity contribution in [3.05, 3.63) is 35.5 Å². The van der Waals surface area contributed by atoms with Gasteiger partial charge in [-0.2, -0.15) is 0 Å². The smallest absolute Gasteiger partial charge is 0.329 e. The van der Waals surface area contributed by atoms with Crippen LogP contribution in [-0.4, -0.2) is 137 Å². The Labute approximate surface area is 342 Å². The second-order valence-corrected chi connectivity index (χ2v) is 17.5. The van der Waals surface area contributed by atoms with Crippen LogP contribution in [0.2, 0.25) is 0 Å². The summed E-state index contributed by atoms with van der Waals surface area (Å²) >= 11 is 0. The van der Waals surface area contributed by atoms with E-state index in [9.17, 15) is 39.6 Å². The average molecular weight is 818 g/mol. The molecule has 58 heavy (non-hydrogen) atoms. The third-order valence-corrected chi connectivity index (χ3v) is 13.6. The Morgan fingerprint density at radius 2 is 1.64 bits per heavy atom. The Hall–Kier alpha value is -2.82. The van der Waals surface area contributed by atoms with Crippen LogP contribution in [0.5, 0.6) is 0 Å². The van der Waals surface area contributed by atoms with Gasteiger partial charge in [0.15, 0.2) is 0 Å². The quantitative estimate of drug-likeness (QED) is 0.173. The van der Waals surface area contributed by atoms with Crippen molar-refractivity contribution in [1.29, 1.82) is 0 Å². The molecule has 2 saturated carbocycles. The molecule has 2 aliphatic carbocycles. The average Bonchev–Trinajstić information content (AvgIpc) is 3.91. The molecule has 5 aliphatic rings. The molecule has 16 atom stereocenters. The molecule has 1 amide bonds. The number of esters is 1. The third-order valence-electron chi connectivity index (χ3n) is 13.6. The number of hydrogen-bond donors (Lipinski definition) is 4. The van der Waals surface area contributed by atoms with Gasteiger partial charge < -0.3 is 49.0 Å². The van der Waals surface area contributed by atoms with Crippen LogP contribution in [-0.2, 0) is 42.9 Å². The summed E-state index contributed by atoms with van der Waals surface area (Å²) in [6.07, 6.45) is 3.96. The van der Waals surface area contributed by atoms with E-state index in [1.165, 1.54) is 14.2 Å². The molecule has 3 aliphatic heterocycles. The summed E-state index contributed by atoms with van der Waals surface area (Å²) in [5.41, 5.74) is 1.24. The topological polar surface area (TPSA) is 199 Å². The highest BCUT2D eigenvalue weighted by molar-refractivity contribution is 6.39. The second-order valence-electron chi connectivity index (χ2n) is 17.5. The Morgan fingerprint density at radius 1 is 0.966 bits per heavy atom. The number of methoxy groups -OCH3 is 3. The zero-order valence-electron chi connectivity index (χ0n) is 35.5. The number of aliphatic hydroxyl groups is 4. The lowest BCUT2D eigenvalue weighted by atomic mass is 9.81. The molecule has 5 rings (SSSR count). The molecule has 0 radical (unpaired) electrons. The van der Waals surface area contributed by atoms with E-state index < -0.39 is 102 Å². The number of carbonyl (C=O) groups excluding carboxylic acids is 4. The largest absolute Gasteiger partial charge is 0.456 e. The first-order valence-corrected chi connectivity index (χ1v) is 21.1. The number of nitrogens with zero attached hydrogens (tertiary/aromatic N) is 1. The summed E-state index contributed by atoms with van der Waals surface area (Å²) in [6.45, 7) is 8.88. The minimum atomic E-state index is -2.59. The molecule has 14 heteroatoms. The van der Waals surface area contributed by atoms with Crippen LogP contribution < -0.4 is 0 Å². The number of amides is 1. The van der Waals surface area contributed by atoms with Crippen molar-refractivity contribution in [1.82, 2.24) is 4.90 Å². The van der Waals surface area contributed by atoms with E-state index in [0.29, 0.717) is 43.3 Å². The molecule has 2 bridgehead atoms. The molecule has 3 heterocycles. The number of ketones is 2. The van der Waals surface area contributed by atoms with Gasteiger partial charge in [-0.15, -0.1) is 0 Å². The van der Waals surface area contributed by atoms with Gasteiger partial charge >= 0.3 is 5.97 Å². The summed E-state index contributed by atoms with van der Waals surface area (Å²) in [5, 5.41) is 45.4. The van der Waals surface area contributed by atoms with Crippen molar-refractivity contribution in [3.8, 4) is 0 Å². The van der Waals surface area contributed by atoms with Crippen molar-refractivity contribution in [2.75, 3.05) is 27.9 Å². The zero-order chi connectivity index (χ0) is 42.6. The minimum Gasteiger partial charge on any atom is -0.456 e. The first-order chi connectivity index (χ1) is 27.5. The van der Waals surface area contributed by atoms with Gasteiger partial charge in [0.05, 0.1) is 36.6 Å². The molecule has 1 saturated heterocycles. The Kier molecular flexibility index (Phi) is 15.7. The predicted molar refractivity (Wildman–Crippen MR) is 212 cm³/mol. The van der Waals surface area contributed by atoms with Crippen LogP contribution in [0.25, 0.3) is 0 Å². The fourth-order valence-electron chi connectivity index (χ4n) is 9.74. The van der Waals surface area contributed by atoms with E-state index in [4.69, 9.17) is 23.7 Å². The fraction of sp³-hybridized carbons (Fsp3) is 0.773. The van der Waals surface area contributed by atoms with Crippen molar-refractivity contribution < 1.29 is 63.3 Å². The summed E-state index contributed by atoms with van der Waals surface area (Å²) in [4.78, 5) is 58.1. The maximum absolute atomic E-state index is 14.4. The molecule has 14 nitrogen and oxygen atoms in total. The lowest BCUT2D eigenvalue weighted by molar-refractivity contribution is -0.302. The van der Waals surface area contributed by atoms with Crippen molar-refractivity contribution in [2.24, 2.45) is 35.5 Å². The second kappa shape index (κ2) is 19.7. The third kappa shape index (κ3) is 9.86. The SMILES string of the molecule is CC[C@@H]1/C=C(\C)[C@@H](O)[C@H](C)C[C@H](OC)[C@H]2O[C@@](O)(C(=O)C(=O)N3CCC=CC[C@H]3C(=O)O[C@H](/C(C)=C/C3CC[C@@H](O)[C@H](OC)C3)[C@@H]3C(O)[C@@H]3CC1=O)[C@H](C)C[C@@H]2OC. The van der Waals surface area contributed by atoms with Crippen molar-refractivity contribution in [2.45, 2.75) is 153 Å². The zero-order valence-corrected chi connectivity index (χ0v) is 35.5. The van der Waals surface area contributed by atoms with Crippen LogP contribution in [0.4, 0.5) is 0 Å². The number of Topliss-reactive ketones (excluding diaryl/α,β-unsaturated/α-hetero) is 2. The minimum absolute atomic E-state index is 0.0121. The van der Waals surface area contributed by atoms with E-state index >= 15 is 0 Å². The number of cyclic esters (lactones) is 1. The summed E-state index contributed by atoms with van der Waals surface area (Å²) in [5.74, 6) is -8.85. The van der Waals surface area contributed by atoms with Gasteiger partial charge in [0.1, 0.15) is 24.0 Å². The first kappa shape index (κ1) is 46.2. The van der Waals surface area contributed by atoms with Crippen molar-refractivity contribution in [3.63, 3.8) is 0 Å². The molecule has 326 valence electrons. The van der Waals surface area contributed by atoms with Gasteiger partial charge in [0.2, 0.25) is 5.79 Å². The van der Waals surface area contributed by atoms with E-state index in [2.05, 4.69) is 0 Å². The number of hydrogen-bond acceptors (Lipinski definition) is 13. The Bertz CT molecular complexity index is 1580. The summed E-state index contributed by atoms with van der Waals surface area (Å²) in [6, 6.07) is -1.24. The Morgan fingerprint density at radius 3 is 2.29 bits per heavy atom. The van der Waals surface area contributed by atoms with Crippen molar-refractivity contribution >= 4 is 23.4 Å². The van der Waals surface area contributed by atoms with E-state index in [0.717, 1.165) is 4.90 Å². The lowest BCUT2D eigenvalue weighted by Gasteiger charge is -2.46. The fourth-order valence-corrected chi connectivity index (χ4v) is 9.74. The molecule has 0 aromatic rings. The highest BCUT2D eigenvalue weighted by Crippen LogP contribution is 2.49. The summed E-state index contributed by atoms with van der Waals surface area (Å²) < 4.78 is 29.7. The molecule has 0 aromatic carbocycles. The molecule has 0 spiro atoms. The van der Waals surface area contributed by atoms with E-state index in [-0.39, 0.29) is 50.0 Å². The standard InChI is InChI=1S/C44H67NO13/c1-9-28-18-23(2)37(48)24(3)19-34(55-7)40-35(56-8)20-26(5)44(53,58-40)41(50)42(51)45-16-12-10-11-13-30(45)43(52)57-39(36-29(38(36)49)22-32(28)47)25(4)17-27-14-15-31(46)33(21-27)54-6/h10-11,17-18,24,26-31,33-40,46,48-49,53H,9,12-16,19-22H2,1-8H3/b23-18+,25-17+/t24-,26-,27?,28-,29-,30+,31-,33-,34+,35+,36+,37-,38?,39-,40-,44-/m1/s1. The first-order valence-electron chi connectivity index (χ1n) is 21.1. The van der Waals surface area contributed by atoms with Gasteiger partial charge in [0.25, 0.3) is 11.7 Å². The van der Waals surface area contributed by atoms with Gasteiger partial charge in [-0.05, 0) is 88.2 Å². The van der Waals surface area contributed by atoms with Crippen LogP contribution in [0.15, 0.2) is 35.5 Å². The van der Waals surface area contributed by atoms with Gasteiger partial charge in [-0.3, -0.25) is 14.4 Å². The molecular formula is C44H67NO13. The number of ether oxygens (including phenoxy) is 5. The van der Waals surface area contributed by atoms with Gasteiger partial charge in [-0.25, -0.2) is 4.79 Å². The molecule has 3 fully saturated rings.